The Labute approximate surface area is 169 Å². The van der Waals surface area contributed by atoms with Gasteiger partial charge in [0.15, 0.2) is 0 Å². The van der Waals surface area contributed by atoms with E-state index in [1.54, 1.807) is 0 Å². The third kappa shape index (κ3) is 2.93. The maximum atomic E-state index is 6.31. The van der Waals surface area contributed by atoms with Gasteiger partial charge in [0.1, 0.15) is 0 Å². The van der Waals surface area contributed by atoms with Crippen LogP contribution in [0, 0.1) is 0 Å². The van der Waals surface area contributed by atoms with Gasteiger partial charge in [-0.2, -0.15) is 0 Å². The van der Waals surface area contributed by atoms with E-state index < -0.39 is 14.2 Å². The summed E-state index contributed by atoms with van der Waals surface area (Å²) in [4.78, 5) is 0. The molecule has 0 amide bonds. The van der Waals surface area contributed by atoms with Crippen LogP contribution >= 0.6 is 0 Å². The zero-order valence-corrected chi connectivity index (χ0v) is 18.3. The van der Waals surface area contributed by atoms with Gasteiger partial charge in [-0.15, -0.1) is 0 Å². The molecule has 2 heterocycles. The Bertz CT molecular complexity index is 813. The summed E-state index contributed by atoms with van der Waals surface area (Å²) in [5, 5.41) is 2.21. The SMILES string of the molecule is CC1(C)OB(c2cccc3c(B4OC(C)(C)C(C)(C)O4)cccc23)OC1(C)C. The summed E-state index contributed by atoms with van der Waals surface area (Å²) in [6.07, 6.45) is 0. The van der Waals surface area contributed by atoms with Crippen LogP contribution in [0.3, 0.4) is 0 Å². The molecule has 0 saturated carbocycles. The van der Waals surface area contributed by atoms with E-state index in [1.165, 1.54) is 0 Å². The highest BCUT2D eigenvalue weighted by Crippen LogP contribution is 2.38. The lowest BCUT2D eigenvalue weighted by atomic mass is 9.71. The van der Waals surface area contributed by atoms with E-state index in [2.05, 4.69) is 91.8 Å². The first kappa shape index (κ1) is 20.0. The molecule has 6 heteroatoms. The molecule has 2 aliphatic heterocycles. The van der Waals surface area contributed by atoms with Crippen molar-refractivity contribution in [3.05, 3.63) is 36.4 Å². The molecule has 4 nitrogen and oxygen atoms in total. The molecule has 0 radical (unpaired) electrons. The van der Waals surface area contributed by atoms with Gasteiger partial charge in [0.2, 0.25) is 0 Å². The molecular weight excluding hydrogens is 350 g/mol. The lowest BCUT2D eigenvalue weighted by Crippen LogP contribution is -2.41. The molecule has 148 valence electrons. The topological polar surface area (TPSA) is 36.9 Å². The van der Waals surface area contributed by atoms with Crippen molar-refractivity contribution in [3.63, 3.8) is 0 Å². The van der Waals surface area contributed by atoms with Crippen LogP contribution in [0.25, 0.3) is 10.8 Å². The maximum absolute atomic E-state index is 6.31. The van der Waals surface area contributed by atoms with E-state index >= 15 is 0 Å². The van der Waals surface area contributed by atoms with Crippen LogP contribution in [0.1, 0.15) is 55.4 Å². The van der Waals surface area contributed by atoms with E-state index in [0.29, 0.717) is 0 Å². The van der Waals surface area contributed by atoms with Crippen molar-refractivity contribution in [1.82, 2.24) is 0 Å². The molecule has 28 heavy (non-hydrogen) atoms. The number of rotatable bonds is 2. The minimum absolute atomic E-state index is 0.372. The third-order valence-electron chi connectivity index (χ3n) is 7.00. The van der Waals surface area contributed by atoms with Crippen LogP contribution in [0.4, 0.5) is 0 Å². The minimum atomic E-state index is -0.401. The first-order valence-corrected chi connectivity index (χ1v) is 10.1. The molecule has 2 aromatic rings. The van der Waals surface area contributed by atoms with Gasteiger partial charge in [-0.25, -0.2) is 0 Å². The molecule has 0 unspecified atom stereocenters. The fourth-order valence-corrected chi connectivity index (χ4v) is 3.71. The highest BCUT2D eigenvalue weighted by atomic mass is 16.7. The summed E-state index contributed by atoms with van der Waals surface area (Å²) in [7, 11) is -0.801. The Morgan fingerprint density at radius 3 is 1.07 bits per heavy atom. The summed E-state index contributed by atoms with van der Waals surface area (Å²) in [6.45, 7) is 16.6. The first-order valence-electron chi connectivity index (χ1n) is 10.1. The monoisotopic (exact) mass is 380 g/mol. The van der Waals surface area contributed by atoms with Gasteiger partial charge in [0, 0.05) is 0 Å². The summed E-state index contributed by atoms with van der Waals surface area (Å²) >= 11 is 0. The Balaban J connectivity index is 1.77. The number of hydrogen-bond donors (Lipinski definition) is 0. The average Bonchev–Trinajstić information content (AvgIpc) is 2.93. The summed E-state index contributed by atoms with van der Waals surface area (Å²) in [5.74, 6) is 0. The largest absolute Gasteiger partial charge is 0.495 e. The van der Waals surface area contributed by atoms with E-state index in [9.17, 15) is 0 Å². The molecule has 0 spiro atoms. The highest BCUT2D eigenvalue weighted by molar-refractivity contribution is 6.68. The van der Waals surface area contributed by atoms with Crippen LogP contribution in [-0.4, -0.2) is 36.6 Å². The zero-order chi connectivity index (χ0) is 20.5. The van der Waals surface area contributed by atoms with Crippen LogP contribution < -0.4 is 10.9 Å². The summed E-state index contributed by atoms with van der Waals surface area (Å²) in [5.41, 5.74) is 0.586. The standard InChI is InChI=1S/C22H30B2O4/c1-19(2)20(3,4)26-23(25-19)17-13-9-12-16-15(17)11-10-14-18(16)24-27-21(5,6)22(7,8)28-24/h9-14H,1-8H3. The smallest absolute Gasteiger partial charge is 0.399 e. The second-order valence-corrected chi connectivity index (χ2v) is 9.97. The van der Waals surface area contributed by atoms with Crippen molar-refractivity contribution in [3.8, 4) is 0 Å². The van der Waals surface area contributed by atoms with Gasteiger partial charge < -0.3 is 18.6 Å². The van der Waals surface area contributed by atoms with Crippen LogP contribution in [0.15, 0.2) is 36.4 Å². The number of fused-ring (bicyclic) bond motifs is 1. The van der Waals surface area contributed by atoms with Crippen molar-refractivity contribution >= 4 is 35.9 Å². The maximum Gasteiger partial charge on any atom is 0.495 e. The zero-order valence-electron chi connectivity index (χ0n) is 18.3. The van der Waals surface area contributed by atoms with Crippen LogP contribution in [-0.2, 0) is 18.6 Å². The normalized spacial score (nSPS) is 24.9. The van der Waals surface area contributed by atoms with Gasteiger partial charge in [0.05, 0.1) is 22.4 Å². The Morgan fingerprint density at radius 2 is 0.786 bits per heavy atom. The molecule has 0 aromatic heterocycles. The molecule has 4 rings (SSSR count). The van der Waals surface area contributed by atoms with Crippen molar-refractivity contribution in [2.45, 2.75) is 77.8 Å². The van der Waals surface area contributed by atoms with Crippen molar-refractivity contribution in [1.29, 1.82) is 0 Å². The van der Waals surface area contributed by atoms with Gasteiger partial charge in [-0.1, -0.05) is 36.4 Å². The second kappa shape index (κ2) is 6.08. The molecule has 2 fully saturated rings. The molecule has 2 aliphatic rings. The Morgan fingerprint density at radius 1 is 0.500 bits per heavy atom. The fourth-order valence-electron chi connectivity index (χ4n) is 3.71. The van der Waals surface area contributed by atoms with Gasteiger partial charge in [-0.3, -0.25) is 0 Å². The van der Waals surface area contributed by atoms with Crippen molar-refractivity contribution in [2.24, 2.45) is 0 Å². The lowest BCUT2D eigenvalue weighted by molar-refractivity contribution is 0.00578. The van der Waals surface area contributed by atoms with Gasteiger partial charge in [0.25, 0.3) is 0 Å². The van der Waals surface area contributed by atoms with Gasteiger partial charge in [-0.05, 0) is 77.1 Å². The van der Waals surface area contributed by atoms with E-state index in [0.717, 1.165) is 21.7 Å². The Kier molecular flexibility index (Phi) is 4.34. The fraction of sp³-hybridized carbons (Fsp3) is 0.545. The lowest BCUT2D eigenvalue weighted by Gasteiger charge is -2.32. The molecule has 0 aliphatic carbocycles. The van der Waals surface area contributed by atoms with Crippen LogP contribution in [0.2, 0.25) is 0 Å². The van der Waals surface area contributed by atoms with E-state index in [1.807, 2.05) is 0 Å². The molecule has 0 bridgehead atoms. The second-order valence-electron chi connectivity index (χ2n) is 9.97. The quantitative estimate of drug-likeness (QED) is 0.749. The molecule has 2 saturated heterocycles. The average molecular weight is 380 g/mol. The minimum Gasteiger partial charge on any atom is -0.399 e. The number of benzene rings is 2. The summed E-state index contributed by atoms with van der Waals surface area (Å²) < 4.78 is 25.2. The predicted octanol–water partition coefficient (Wildman–Crippen LogP) is 3.44. The van der Waals surface area contributed by atoms with Crippen LogP contribution in [0.5, 0.6) is 0 Å². The molecule has 0 N–H and O–H groups in total. The van der Waals surface area contributed by atoms with Crippen molar-refractivity contribution in [2.75, 3.05) is 0 Å². The summed E-state index contributed by atoms with van der Waals surface area (Å²) in [6, 6.07) is 12.5. The predicted molar refractivity (Wildman–Crippen MR) is 115 cm³/mol. The molecular formula is C22H30B2O4. The van der Waals surface area contributed by atoms with E-state index in [-0.39, 0.29) is 22.4 Å². The van der Waals surface area contributed by atoms with E-state index in [4.69, 9.17) is 18.6 Å². The van der Waals surface area contributed by atoms with Crippen molar-refractivity contribution < 1.29 is 18.6 Å². The van der Waals surface area contributed by atoms with Gasteiger partial charge >= 0.3 is 14.2 Å². The highest BCUT2D eigenvalue weighted by Gasteiger charge is 2.53. The molecule has 0 atom stereocenters. The number of hydrogen-bond acceptors (Lipinski definition) is 4. The Hall–Kier alpha value is -1.33. The molecule has 2 aromatic carbocycles. The first-order chi connectivity index (χ1) is 12.8. The third-order valence-corrected chi connectivity index (χ3v) is 7.00.